The summed E-state index contributed by atoms with van der Waals surface area (Å²) in [6.45, 7) is 2.42. The van der Waals surface area contributed by atoms with Crippen LogP contribution in [0.5, 0.6) is 0 Å². The SMILES string of the molecule is BB(B)B(B)OC(CC)CCl. The summed E-state index contributed by atoms with van der Waals surface area (Å²) in [5.41, 5.74) is 0. The first-order valence-electron chi connectivity index (χ1n) is 4.33. The first-order valence-corrected chi connectivity index (χ1v) is 4.86. The second-order valence-corrected chi connectivity index (χ2v) is 3.58. The van der Waals surface area contributed by atoms with Crippen molar-refractivity contribution in [1.82, 2.24) is 0 Å². The summed E-state index contributed by atoms with van der Waals surface area (Å²) in [6.07, 6.45) is 1.81. The Bertz CT molecular complexity index is 98.5. The Morgan fingerprint density at radius 2 is 2.00 bits per heavy atom. The minimum absolute atomic E-state index is 0.231. The van der Waals surface area contributed by atoms with E-state index in [4.69, 9.17) is 16.3 Å². The molecule has 1 atom stereocenters. The molecule has 1 nitrogen and oxygen atoms in total. The van der Waals surface area contributed by atoms with Gasteiger partial charge in [0.1, 0.15) is 0 Å². The van der Waals surface area contributed by atoms with Gasteiger partial charge in [-0.15, -0.1) is 11.6 Å². The van der Waals surface area contributed by atoms with E-state index in [1.165, 1.54) is 0 Å². The van der Waals surface area contributed by atoms with E-state index in [0.29, 0.717) is 19.0 Å². The number of halogens is 1. The van der Waals surface area contributed by atoms with Crippen LogP contribution in [0.4, 0.5) is 0 Å². The van der Waals surface area contributed by atoms with Crippen LogP contribution in [-0.4, -0.2) is 48.3 Å². The van der Waals surface area contributed by atoms with Gasteiger partial charge in [-0.1, -0.05) is 6.92 Å². The Morgan fingerprint density at radius 3 is 2.27 bits per heavy atom. The molecule has 7 heteroatoms. The first kappa shape index (κ1) is 11.6. The normalized spacial score (nSPS) is 12.5. The Labute approximate surface area is 78.3 Å². The summed E-state index contributed by atoms with van der Waals surface area (Å²) in [7, 11) is 6.41. The van der Waals surface area contributed by atoms with Crippen molar-refractivity contribution in [3.63, 3.8) is 0 Å². The third-order valence-electron chi connectivity index (χ3n) is 1.97. The van der Waals surface area contributed by atoms with E-state index in [-0.39, 0.29) is 6.10 Å². The summed E-state index contributed by atoms with van der Waals surface area (Å²) in [6, 6.07) is 0. The predicted octanol–water partition coefficient (Wildman–Crippen LogP) is -2.03. The van der Waals surface area contributed by atoms with Crippen LogP contribution in [0.3, 0.4) is 0 Å². The molecule has 0 amide bonds. The zero-order valence-corrected chi connectivity index (χ0v) is 8.69. The molecule has 0 N–H and O–H groups in total. The molecule has 0 bridgehead atoms. The highest BCUT2D eigenvalue weighted by Crippen LogP contribution is 2.01. The van der Waals surface area contributed by atoms with E-state index in [2.05, 4.69) is 30.1 Å². The Morgan fingerprint density at radius 1 is 1.45 bits per heavy atom. The molecule has 0 aliphatic heterocycles. The van der Waals surface area contributed by atoms with Crippen LogP contribution in [-0.2, 0) is 4.65 Å². The van der Waals surface area contributed by atoms with Crippen molar-refractivity contribution in [2.75, 3.05) is 5.88 Å². The Balaban J connectivity index is 3.62. The Kier molecular flexibility index (Phi) is 6.45. The summed E-state index contributed by atoms with van der Waals surface area (Å²) in [5, 5.41) is 0. The van der Waals surface area contributed by atoms with E-state index in [0.717, 1.165) is 6.42 Å². The second kappa shape index (κ2) is 6.13. The number of hydrogen-bond donors (Lipinski definition) is 0. The molecule has 0 radical (unpaired) electrons. The third kappa shape index (κ3) is 4.92. The maximum absolute atomic E-state index is 5.69. The van der Waals surface area contributed by atoms with Crippen molar-refractivity contribution < 1.29 is 4.65 Å². The molecule has 58 valence electrons. The predicted molar refractivity (Wildman–Crippen MR) is 63.0 cm³/mol. The monoisotopic (exact) mass is 168 g/mol. The van der Waals surface area contributed by atoms with Crippen molar-refractivity contribution in [3.8, 4) is 0 Å². The minimum Gasteiger partial charge on any atom is -0.452 e. The molecule has 0 heterocycles. The molecule has 0 rings (SSSR count). The second-order valence-electron chi connectivity index (χ2n) is 3.27. The summed E-state index contributed by atoms with van der Waals surface area (Å²) >= 11 is 5.69. The van der Waals surface area contributed by atoms with Gasteiger partial charge in [0, 0.05) is 5.88 Å². The van der Waals surface area contributed by atoms with Gasteiger partial charge in [0.25, 0.3) is 0 Å². The maximum atomic E-state index is 5.69. The van der Waals surface area contributed by atoms with E-state index in [9.17, 15) is 0 Å². The molecule has 0 aromatic rings. The van der Waals surface area contributed by atoms with Gasteiger partial charge >= 0.3 is 0 Å². The van der Waals surface area contributed by atoms with Gasteiger partial charge in [0.2, 0.25) is 0 Å². The quantitative estimate of drug-likeness (QED) is 0.339. The van der Waals surface area contributed by atoms with Gasteiger partial charge in [0.05, 0.1) is 35.7 Å². The maximum Gasteiger partial charge on any atom is 0.197 e. The van der Waals surface area contributed by atoms with Crippen LogP contribution in [0.2, 0.25) is 0 Å². The smallest absolute Gasteiger partial charge is 0.197 e. The van der Waals surface area contributed by atoms with Gasteiger partial charge in [-0.2, -0.15) is 0 Å². The van der Waals surface area contributed by atoms with Crippen LogP contribution in [0.15, 0.2) is 0 Å². The third-order valence-corrected chi connectivity index (χ3v) is 2.32. The van der Waals surface area contributed by atoms with Gasteiger partial charge in [-0.05, 0) is 6.42 Å². The highest BCUT2D eigenvalue weighted by Gasteiger charge is 2.18. The summed E-state index contributed by atoms with van der Waals surface area (Å²) < 4.78 is 5.68. The highest BCUT2D eigenvalue weighted by molar-refractivity contribution is 7.65. The molecule has 1 unspecified atom stereocenters. The van der Waals surface area contributed by atoms with Gasteiger partial charge in [-0.3, -0.25) is 0 Å². The molecule has 0 saturated carbocycles. The highest BCUT2D eigenvalue weighted by atomic mass is 35.5. The summed E-state index contributed by atoms with van der Waals surface area (Å²) in [4.78, 5) is 0. The van der Waals surface area contributed by atoms with Crippen LogP contribution in [0.1, 0.15) is 13.3 Å². The lowest BCUT2D eigenvalue weighted by molar-refractivity contribution is 0.235. The summed E-state index contributed by atoms with van der Waals surface area (Å²) in [5.74, 6) is 0.605. The molecule has 0 aliphatic rings. The largest absolute Gasteiger partial charge is 0.452 e. The molecule has 0 aliphatic carbocycles. The topological polar surface area (TPSA) is 9.23 Å². The number of rotatable bonds is 5. The van der Waals surface area contributed by atoms with Crippen LogP contribution < -0.4 is 0 Å². The van der Waals surface area contributed by atoms with Gasteiger partial charge < -0.3 is 4.65 Å². The molecule has 11 heavy (non-hydrogen) atoms. The fraction of sp³-hybridized carbons (Fsp3) is 1.00. The van der Waals surface area contributed by atoms with E-state index < -0.39 is 0 Å². The van der Waals surface area contributed by atoms with Gasteiger partial charge in [-0.25, -0.2) is 0 Å². The molecule has 0 saturated heterocycles. The fourth-order valence-corrected chi connectivity index (χ4v) is 0.993. The number of alkyl halides is 1. The van der Waals surface area contributed by atoms with Crippen molar-refractivity contribution in [1.29, 1.82) is 0 Å². The molecular weight excluding hydrogens is 154 g/mol. The minimum atomic E-state index is 0.231. The fourth-order valence-electron chi connectivity index (χ4n) is 0.702. The molecule has 0 spiro atoms. The van der Waals surface area contributed by atoms with E-state index in [1.807, 2.05) is 0 Å². The standard InChI is InChI=1S/C4H14B5ClO/c1-2-4(3-10)11-9(7)8(5)6/h4H,2-3,5-7H2,1H3. The lowest BCUT2D eigenvalue weighted by Gasteiger charge is -2.19. The van der Waals surface area contributed by atoms with Crippen LogP contribution >= 0.6 is 11.6 Å². The molecular formula is C4H14B5ClO. The van der Waals surface area contributed by atoms with Crippen LogP contribution in [0, 0.1) is 0 Å². The lowest BCUT2D eigenvalue weighted by Crippen LogP contribution is -2.43. The average Bonchev–Trinajstić information content (AvgIpc) is 1.99. The Hall–Kier alpha value is 0.575. The zero-order valence-electron chi connectivity index (χ0n) is 7.93. The van der Waals surface area contributed by atoms with E-state index in [1.54, 1.807) is 0 Å². The van der Waals surface area contributed by atoms with Crippen molar-refractivity contribution >= 4 is 47.9 Å². The first-order chi connectivity index (χ1) is 5.11. The van der Waals surface area contributed by atoms with Gasteiger partial charge in [0.15, 0.2) is 6.70 Å². The lowest BCUT2D eigenvalue weighted by atomic mass is 8.93. The molecule has 0 aromatic carbocycles. The number of hydrogen-bond acceptors (Lipinski definition) is 1. The molecule has 0 fully saturated rings. The van der Waals surface area contributed by atoms with Crippen molar-refractivity contribution in [2.24, 2.45) is 0 Å². The molecule has 0 aromatic heterocycles. The van der Waals surface area contributed by atoms with Crippen molar-refractivity contribution in [3.05, 3.63) is 0 Å². The zero-order chi connectivity index (χ0) is 8.85. The van der Waals surface area contributed by atoms with E-state index >= 15 is 0 Å². The van der Waals surface area contributed by atoms with Crippen molar-refractivity contribution in [2.45, 2.75) is 19.4 Å². The van der Waals surface area contributed by atoms with Crippen LogP contribution in [0.25, 0.3) is 0 Å². The average molecular weight is 168 g/mol.